The van der Waals surface area contributed by atoms with E-state index in [4.69, 9.17) is 4.42 Å². The molecule has 2 aromatic carbocycles. The summed E-state index contributed by atoms with van der Waals surface area (Å²) in [4.78, 5) is 4.39. The van der Waals surface area contributed by atoms with Gasteiger partial charge in [0.05, 0.1) is 0 Å². The van der Waals surface area contributed by atoms with Crippen molar-refractivity contribution in [3.8, 4) is 11.5 Å². The van der Waals surface area contributed by atoms with Gasteiger partial charge in [0, 0.05) is 5.56 Å². The molecule has 0 unspecified atom stereocenters. The van der Waals surface area contributed by atoms with Crippen molar-refractivity contribution in [3.63, 3.8) is 0 Å². The normalized spacial score (nSPS) is 10.0. The van der Waals surface area contributed by atoms with E-state index < -0.39 is 0 Å². The summed E-state index contributed by atoms with van der Waals surface area (Å²) >= 11 is 0. The van der Waals surface area contributed by atoms with Crippen molar-refractivity contribution in [2.24, 2.45) is 0 Å². The van der Waals surface area contributed by atoms with Crippen LogP contribution in [0.5, 0.6) is 0 Å². The molecule has 3 aromatic rings. The summed E-state index contributed by atoms with van der Waals surface area (Å²) in [5.41, 5.74) is 2.57. The number of hydrogen-bond acceptors (Lipinski definition) is 2. The molecule has 3 heteroatoms. The molecule has 3 rings (SSSR count). The Balaban J connectivity index is 0.000000963. The third-order valence-electron chi connectivity index (χ3n) is 2.23. The van der Waals surface area contributed by atoms with Crippen LogP contribution in [0.4, 0.5) is 0 Å². The van der Waals surface area contributed by atoms with E-state index in [1.165, 1.54) is 0 Å². The van der Waals surface area contributed by atoms with Gasteiger partial charge in [0.25, 0.3) is 0 Å². The Morgan fingerprint density at radius 3 is 2.56 bits per heavy atom. The average molecular weight is 202 g/mol. The summed E-state index contributed by atoms with van der Waals surface area (Å²) in [5.74, 6) is 0.622. The molecule has 2 nitrogen and oxygen atoms in total. The van der Waals surface area contributed by atoms with Crippen LogP contribution in [0.15, 0.2) is 52.9 Å². The van der Waals surface area contributed by atoms with Crippen LogP contribution in [0, 0.1) is 6.07 Å². The number of rotatable bonds is 1. The van der Waals surface area contributed by atoms with Crippen molar-refractivity contribution in [3.05, 3.63) is 54.6 Å². The zero-order valence-electron chi connectivity index (χ0n) is 7.97. The SMILES string of the molecule is [LiH].[c]1ccccc1-c1nc2ccccc2o1. The molecule has 1 heterocycles. The monoisotopic (exact) mass is 202 g/mol. The molecule has 0 fully saturated rings. The maximum Gasteiger partial charge on any atom is 0.227 e. The van der Waals surface area contributed by atoms with E-state index in [1.54, 1.807) is 0 Å². The molecule has 0 saturated heterocycles. The molecular formula is C13H9LiNO. The molecule has 0 atom stereocenters. The largest absolute Gasteiger partial charge is 0.436 e. The van der Waals surface area contributed by atoms with Gasteiger partial charge >= 0.3 is 18.9 Å². The summed E-state index contributed by atoms with van der Waals surface area (Å²) in [6, 6.07) is 18.5. The Morgan fingerprint density at radius 1 is 1.00 bits per heavy atom. The first-order chi connectivity index (χ1) is 7.43. The molecular weight excluding hydrogens is 193 g/mol. The summed E-state index contributed by atoms with van der Waals surface area (Å²) in [6.07, 6.45) is 0. The van der Waals surface area contributed by atoms with Crippen LogP contribution < -0.4 is 0 Å². The molecule has 0 aliphatic heterocycles. The molecule has 0 aliphatic rings. The van der Waals surface area contributed by atoms with Gasteiger partial charge in [-0.05, 0) is 24.3 Å². The number of fused-ring (bicyclic) bond motifs is 1. The molecule has 0 N–H and O–H groups in total. The van der Waals surface area contributed by atoms with Crippen LogP contribution in [0.3, 0.4) is 0 Å². The minimum Gasteiger partial charge on any atom is -0.436 e. The Bertz CT molecular complexity index is 556. The number of aromatic nitrogens is 1. The van der Waals surface area contributed by atoms with Crippen LogP contribution in [-0.4, -0.2) is 23.8 Å². The molecule has 0 amide bonds. The second-order valence-corrected chi connectivity index (χ2v) is 3.26. The molecule has 0 aliphatic carbocycles. The van der Waals surface area contributed by atoms with E-state index in [1.807, 2.05) is 48.5 Å². The quantitative estimate of drug-likeness (QED) is 0.567. The van der Waals surface area contributed by atoms with Gasteiger partial charge in [-0.2, -0.15) is 0 Å². The first kappa shape index (κ1) is 11.0. The van der Waals surface area contributed by atoms with Crippen molar-refractivity contribution in [1.82, 2.24) is 4.98 Å². The van der Waals surface area contributed by atoms with E-state index in [9.17, 15) is 0 Å². The summed E-state index contributed by atoms with van der Waals surface area (Å²) in [6.45, 7) is 0. The molecule has 1 radical (unpaired) electrons. The summed E-state index contributed by atoms with van der Waals surface area (Å²) in [7, 11) is 0. The summed E-state index contributed by atoms with van der Waals surface area (Å²) < 4.78 is 5.61. The number of hydrogen-bond donors (Lipinski definition) is 0. The Morgan fingerprint density at radius 2 is 1.81 bits per heavy atom. The third-order valence-corrected chi connectivity index (χ3v) is 2.23. The smallest absolute Gasteiger partial charge is 0.227 e. The Hall–Kier alpha value is -1.49. The number of para-hydroxylation sites is 2. The maximum atomic E-state index is 5.61. The minimum atomic E-state index is 0. The van der Waals surface area contributed by atoms with Gasteiger partial charge in [-0.3, -0.25) is 0 Å². The fourth-order valence-electron chi connectivity index (χ4n) is 1.51. The van der Waals surface area contributed by atoms with Crippen molar-refractivity contribution in [2.45, 2.75) is 0 Å². The predicted octanol–water partition coefficient (Wildman–Crippen LogP) is 2.65. The van der Waals surface area contributed by atoms with Crippen molar-refractivity contribution >= 4 is 30.0 Å². The number of nitrogens with zero attached hydrogens (tertiary/aromatic N) is 1. The van der Waals surface area contributed by atoms with E-state index >= 15 is 0 Å². The second-order valence-electron chi connectivity index (χ2n) is 3.26. The topological polar surface area (TPSA) is 26.0 Å². The first-order valence-corrected chi connectivity index (χ1v) is 4.76. The standard InChI is InChI=1S/C13H8NO.Li.H/c1-2-6-10(7-3-1)13-14-11-8-4-5-9-12(11)15-13;;/h1-6,8-9H;;. The Kier molecular flexibility index (Phi) is 3.14. The molecule has 73 valence electrons. The van der Waals surface area contributed by atoms with Gasteiger partial charge in [-0.1, -0.05) is 30.3 Å². The van der Waals surface area contributed by atoms with Gasteiger partial charge in [-0.25, -0.2) is 4.98 Å². The van der Waals surface area contributed by atoms with E-state index in [-0.39, 0.29) is 18.9 Å². The van der Waals surface area contributed by atoms with Gasteiger partial charge in [0.15, 0.2) is 5.58 Å². The van der Waals surface area contributed by atoms with Crippen molar-refractivity contribution in [2.75, 3.05) is 0 Å². The van der Waals surface area contributed by atoms with Crippen LogP contribution in [0.2, 0.25) is 0 Å². The van der Waals surface area contributed by atoms with Crippen LogP contribution in [-0.2, 0) is 0 Å². The molecule has 0 saturated carbocycles. The molecule has 1 aromatic heterocycles. The number of oxazole rings is 1. The minimum absolute atomic E-state index is 0. The first-order valence-electron chi connectivity index (χ1n) is 4.76. The van der Waals surface area contributed by atoms with E-state index in [2.05, 4.69) is 11.1 Å². The van der Waals surface area contributed by atoms with Crippen molar-refractivity contribution < 1.29 is 4.42 Å². The van der Waals surface area contributed by atoms with Gasteiger partial charge in [0.1, 0.15) is 5.52 Å². The third kappa shape index (κ3) is 1.90. The fraction of sp³-hybridized carbons (Fsp3) is 0. The molecule has 0 spiro atoms. The maximum absolute atomic E-state index is 5.61. The molecule has 16 heavy (non-hydrogen) atoms. The fourth-order valence-corrected chi connectivity index (χ4v) is 1.51. The average Bonchev–Trinajstić information content (AvgIpc) is 2.74. The van der Waals surface area contributed by atoms with E-state index in [0.29, 0.717) is 5.89 Å². The zero-order chi connectivity index (χ0) is 10.1. The zero-order valence-corrected chi connectivity index (χ0v) is 7.97. The van der Waals surface area contributed by atoms with Gasteiger partial charge in [-0.15, -0.1) is 0 Å². The van der Waals surface area contributed by atoms with E-state index in [0.717, 1.165) is 16.7 Å². The van der Waals surface area contributed by atoms with Gasteiger partial charge < -0.3 is 4.42 Å². The van der Waals surface area contributed by atoms with Crippen molar-refractivity contribution in [1.29, 1.82) is 0 Å². The predicted molar refractivity (Wildman–Crippen MR) is 65.4 cm³/mol. The Labute approximate surface area is 105 Å². The summed E-state index contributed by atoms with van der Waals surface area (Å²) in [5, 5.41) is 0. The molecule has 0 bridgehead atoms. The second kappa shape index (κ2) is 4.57. The van der Waals surface area contributed by atoms with Crippen LogP contribution >= 0.6 is 0 Å². The van der Waals surface area contributed by atoms with Crippen LogP contribution in [0.25, 0.3) is 22.6 Å². The van der Waals surface area contributed by atoms with Crippen LogP contribution in [0.1, 0.15) is 0 Å². The number of benzene rings is 2. The van der Waals surface area contributed by atoms with Gasteiger partial charge in [0.2, 0.25) is 5.89 Å².